The number of nitrogens with two attached hydrogens (primary N) is 1. The van der Waals surface area contributed by atoms with E-state index in [1.165, 1.54) is 30.3 Å². The van der Waals surface area contributed by atoms with Crippen LogP contribution in [0.1, 0.15) is 11.1 Å². The van der Waals surface area contributed by atoms with Crippen molar-refractivity contribution in [2.45, 2.75) is 11.8 Å². The molecule has 0 aliphatic carbocycles. The van der Waals surface area contributed by atoms with E-state index in [1.54, 1.807) is 12.1 Å². The van der Waals surface area contributed by atoms with E-state index in [1.807, 2.05) is 23.8 Å². The summed E-state index contributed by atoms with van der Waals surface area (Å²) in [5, 5.41) is 8.29. The molecule has 31 heavy (non-hydrogen) atoms. The van der Waals surface area contributed by atoms with Gasteiger partial charge in [-0.1, -0.05) is 29.8 Å². The highest BCUT2D eigenvalue weighted by molar-refractivity contribution is 7.92. The Morgan fingerprint density at radius 2 is 1.61 bits per heavy atom. The highest BCUT2D eigenvalue weighted by Gasteiger charge is 2.13. The average molecular weight is 468 g/mol. The van der Waals surface area contributed by atoms with Crippen molar-refractivity contribution < 1.29 is 31.2 Å². The van der Waals surface area contributed by atoms with Crippen molar-refractivity contribution in [2.75, 3.05) is 18.5 Å². The van der Waals surface area contributed by atoms with Crippen molar-refractivity contribution in [1.29, 1.82) is 0 Å². The number of benzene rings is 2. The summed E-state index contributed by atoms with van der Waals surface area (Å²) in [6, 6.07) is 12.2. The molecule has 0 radical (unpaired) electrons. The lowest BCUT2D eigenvalue weighted by Gasteiger charge is -2.07. The van der Waals surface area contributed by atoms with E-state index in [4.69, 9.17) is 9.88 Å². The third-order valence-electron chi connectivity index (χ3n) is 3.77. The largest absolute Gasteiger partial charge is 0.455 e. The Bertz CT molecular complexity index is 1170. The van der Waals surface area contributed by atoms with Crippen molar-refractivity contribution in [3.8, 4) is 0 Å². The first-order valence-electron chi connectivity index (χ1n) is 8.77. The van der Waals surface area contributed by atoms with Gasteiger partial charge in [-0.2, -0.15) is 0 Å². The lowest BCUT2D eigenvalue weighted by atomic mass is 10.2. The first-order valence-corrected chi connectivity index (χ1v) is 11.9. The minimum absolute atomic E-state index is 0.124. The van der Waals surface area contributed by atoms with Gasteiger partial charge in [0.05, 0.1) is 4.90 Å². The number of anilines is 1. The summed E-state index contributed by atoms with van der Waals surface area (Å²) in [6.45, 7) is 0.593. The van der Waals surface area contributed by atoms with Gasteiger partial charge in [0.1, 0.15) is 6.54 Å². The Morgan fingerprint density at radius 3 is 2.19 bits per heavy atom. The minimum Gasteiger partial charge on any atom is -0.455 e. The fourth-order valence-corrected chi connectivity index (χ4v) is 3.44. The van der Waals surface area contributed by atoms with Crippen molar-refractivity contribution in [3.05, 3.63) is 65.1 Å². The Kier molecular flexibility index (Phi) is 8.05. The molecule has 4 N–H and O–H groups in total. The van der Waals surface area contributed by atoms with Crippen LogP contribution in [0.5, 0.6) is 0 Å². The van der Waals surface area contributed by atoms with Crippen LogP contribution >= 0.6 is 0 Å². The summed E-state index contributed by atoms with van der Waals surface area (Å²) < 4.78 is 52.9. The molecule has 0 atom stereocenters. The molecule has 0 saturated carbocycles. The molecule has 0 saturated heterocycles. The van der Waals surface area contributed by atoms with E-state index < -0.39 is 45.1 Å². The zero-order chi connectivity index (χ0) is 23.1. The molecule has 0 aliphatic rings. The van der Waals surface area contributed by atoms with Crippen molar-refractivity contribution in [2.24, 2.45) is 5.14 Å². The Hall–Kier alpha value is -3.06. The first-order chi connectivity index (χ1) is 14.4. The van der Waals surface area contributed by atoms with Crippen LogP contribution in [0.25, 0.3) is 6.08 Å². The average Bonchev–Trinajstić information content (AvgIpc) is 2.70. The number of aryl methyl sites for hydroxylation is 1. The number of ether oxygens (including phenoxy) is 1. The topological polar surface area (TPSA) is 162 Å². The third-order valence-corrected chi connectivity index (χ3v) is 5.74. The molecule has 2 aromatic carbocycles. The number of hydrogen-bond donors (Lipinski definition) is 3. The number of primary sulfonamides is 1. The molecule has 0 aromatic heterocycles. The van der Waals surface area contributed by atoms with E-state index in [2.05, 4.69) is 5.32 Å². The van der Waals surface area contributed by atoms with E-state index in [0.29, 0.717) is 5.56 Å². The standard InChI is InChI=1S/C19H21N3O7S2/c1-14-2-4-15(5-3-14)10-11-30(25,26)21-12-19(24)29-13-18(23)22-16-6-8-17(9-7-16)31(20,27)28/h2-11,21H,12-13H2,1H3,(H,22,23)(H2,20,27,28)/b11-10+. The van der Waals surface area contributed by atoms with Crippen LogP contribution in [0.3, 0.4) is 0 Å². The van der Waals surface area contributed by atoms with Crippen molar-refractivity contribution >= 4 is 43.7 Å². The molecule has 12 heteroatoms. The molecule has 0 heterocycles. The molecule has 1 amide bonds. The van der Waals surface area contributed by atoms with Crippen molar-refractivity contribution in [1.82, 2.24) is 4.72 Å². The normalized spacial score (nSPS) is 11.9. The van der Waals surface area contributed by atoms with Gasteiger partial charge in [-0.25, -0.2) is 26.7 Å². The Labute approximate surface area is 180 Å². The van der Waals surface area contributed by atoms with Gasteiger partial charge in [0, 0.05) is 11.1 Å². The van der Waals surface area contributed by atoms with Gasteiger partial charge in [0.25, 0.3) is 5.91 Å². The Morgan fingerprint density at radius 1 is 1.00 bits per heavy atom. The van der Waals surface area contributed by atoms with Crippen LogP contribution in [0.15, 0.2) is 58.8 Å². The molecule has 2 aromatic rings. The number of carbonyl (C=O) groups is 2. The number of carbonyl (C=O) groups excluding carboxylic acids is 2. The maximum Gasteiger partial charge on any atom is 0.321 e. The number of amides is 1. The van der Waals surface area contributed by atoms with Gasteiger partial charge in [-0.3, -0.25) is 9.59 Å². The summed E-state index contributed by atoms with van der Waals surface area (Å²) in [5.41, 5.74) is 1.97. The van der Waals surface area contributed by atoms with Crippen LogP contribution < -0.4 is 15.2 Å². The van der Waals surface area contributed by atoms with E-state index >= 15 is 0 Å². The second kappa shape index (κ2) is 10.3. The SMILES string of the molecule is Cc1ccc(/C=C/S(=O)(=O)NCC(=O)OCC(=O)Nc2ccc(S(N)(=O)=O)cc2)cc1. The summed E-state index contributed by atoms with van der Waals surface area (Å²) >= 11 is 0. The van der Waals surface area contributed by atoms with Gasteiger partial charge in [-0.05, 0) is 42.8 Å². The van der Waals surface area contributed by atoms with Crippen LogP contribution in [-0.4, -0.2) is 41.9 Å². The molecule has 166 valence electrons. The number of hydrogen-bond acceptors (Lipinski definition) is 7. The quantitative estimate of drug-likeness (QED) is 0.458. The molecular weight excluding hydrogens is 446 g/mol. The highest BCUT2D eigenvalue weighted by atomic mass is 32.2. The summed E-state index contributed by atoms with van der Waals surface area (Å²) in [4.78, 5) is 23.4. The number of nitrogens with one attached hydrogen (secondary N) is 2. The van der Waals surface area contributed by atoms with Gasteiger partial charge >= 0.3 is 5.97 Å². The molecule has 2 rings (SSSR count). The lowest BCUT2D eigenvalue weighted by molar-refractivity contribution is -0.146. The van der Waals surface area contributed by atoms with E-state index in [-0.39, 0.29) is 10.6 Å². The van der Waals surface area contributed by atoms with Gasteiger partial charge < -0.3 is 10.1 Å². The molecular formula is C19H21N3O7S2. The number of sulfonamides is 2. The second-order valence-electron chi connectivity index (χ2n) is 6.36. The molecule has 10 nitrogen and oxygen atoms in total. The van der Waals surface area contributed by atoms with Crippen molar-refractivity contribution in [3.63, 3.8) is 0 Å². The van der Waals surface area contributed by atoms with Crippen LogP contribution in [0, 0.1) is 6.92 Å². The molecule has 0 bridgehead atoms. The summed E-state index contributed by atoms with van der Waals surface area (Å²) in [5.74, 6) is -1.65. The zero-order valence-corrected chi connectivity index (χ0v) is 18.1. The number of esters is 1. The molecule has 0 aliphatic heterocycles. The fourth-order valence-electron chi connectivity index (χ4n) is 2.18. The smallest absolute Gasteiger partial charge is 0.321 e. The predicted octanol–water partition coefficient (Wildman–Crippen LogP) is 0.714. The second-order valence-corrected chi connectivity index (χ2v) is 9.57. The maximum atomic E-state index is 11.9. The van der Waals surface area contributed by atoms with Gasteiger partial charge in [0.2, 0.25) is 20.0 Å². The lowest BCUT2D eigenvalue weighted by Crippen LogP contribution is -2.31. The summed E-state index contributed by atoms with van der Waals surface area (Å²) in [6.07, 6.45) is 1.38. The van der Waals surface area contributed by atoms with Gasteiger partial charge in [0.15, 0.2) is 6.61 Å². The predicted molar refractivity (Wildman–Crippen MR) is 115 cm³/mol. The highest BCUT2D eigenvalue weighted by Crippen LogP contribution is 2.12. The third kappa shape index (κ3) is 8.68. The molecule has 0 spiro atoms. The maximum absolute atomic E-state index is 11.9. The fraction of sp³-hybridized carbons (Fsp3) is 0.158. The van der Waals surface area contributed by atoms with E-state index in [9.17, 15) is 26.4 Å². The monoisotopic (exact) mass is 467 g/mol. The van der Waals surface area contributed by atoms with E-state index in [0.717, 1.165) is 11.0 Å². The molecule has 0 fully saturated rings. The first kappa shape index (κ1) is 24.2. The Balaban J connectivity index is 1.77. The summed E-state index contributed by atoms with van der Waals surface area (Å²) in [7, 11) is -7.73. The van der Waals surface area contributed by atoms with Gasteiger partial charge in [-0.15, -0.1) is 0 Å². The molecule has 0 unspecified atom stereocenters. The number of rotatable bonds is 9. The van der Waals surface area contributed by atoms with Crippen LogP contribution in [0.4, 0.5) is 5.69 Å². The minimum atomic E-state index is -3.88. The van der Waals surface area contributed by atoms with Crippen LogP contribution in [-0.2, 0) is 34.4 Å². The van der Waals surface area contributed by atoms with Crippen LogP contribution in [0.2, 0.25) is 0 Å². The zero-order valence-electron chi connectivity index (χ0n) is 16.4.